The number of ketones is 1. The molecule has 0 aliphatic rings. The summed E-state index contributed by atoms with van der Waals surface area (Å²) in [5, 5.41) is 3.12. The summed E-state index contributed by atoms with van der Waals surface area (Å²) in [7, 11) is 0. The molecule has 0 heterocycles. The lowest BCUT2D eigenvalue weighted by atomic mass is 9.83. The van der Waals surface area contributed by atoms with E-state index in [0.29, 0.717) is 6.42 Å². The quantitative estimate of drug-likeness (QED) is 0.664. The highest BCUT2D eigenvalue weighted by atomic mass is 19.1. The van der Waals surface area contributed by atoms with E-state index in [4.69, 9.17) is 0 Å². The van der Waals surface area contributed by atoms with Crippen molar-refractivity contribution in [3.05, 3.63) is 36.3 Å². The summed E-state index contributed by atoms with van der Waals surface area (Å²) < 4.78 is 13.2. The van der Waals surface area contributed by atoms with Crippen molar-refractivity contribution in [3.63, 3.8) is 0 Å². The van der Waals surface area contributed by atoms with Crippen LogP contribution in [0.25, 0.3) is 0 Å². The van der Waals surface area contributed by atoms with Crippen LogP contribution in [0.15, 0.2) is 36.3 Å². The third-order valence-electron chi connectivity index (χ3n) is 3.28. The van der Waals surface area contributed by atoms with Crippen molar-refractivity contribution in [2.45, 2.75) is 53.0 Å². The molecule has 0 spiro atoms. The van der Waals surface area contributed by atoms with Crippen molar-refractivity contribution in [2.24, 2.45) is 5.92 Å². The van der Waals surface area contributed by atoms with E-state index in [1.54, 1.807) is 19.1 Å². The molecule has 0 amide bonds. The van der Waals surface area contributed by atoms with Gasteiger partial charge in [0.15, 0.2) is 5.78 Å². The summed E-state index contributed by atoms with van der Waals surface area (Å²) in [5.41, 5.74) is 0.0443. The van der Waals surface area contributed by atoms with E-state index >= 15 is 0 Å². The van der Waals surface area contributed by atoms with Gasteiger partial charge in [-0.15, -0.1) is 0 Å². The number of allylic oxidation sites excluding steroid dienone is 4. The Balaban J connectivity index is 4.79. The minimum absolute atomic E-state index is 0.0391. The van der Waals surface area contributed by atoms with Crippen LogP contribution in [0.2, 0.25) is 0 Å². The van der Waals surface area contributed by atoms with Gasteiger partial charge >= 0.3 is 0 Å². The van der Waals surface area contributed by atoms with Crippen LogP contribution in [0.4, 0.5) is 4.39 Å². The number of Topliss-reactive ketones (excluding diaryl/α,β-unsaturated/α-hetero) is 1. The number of carbonyl (C=O) groups is 1. The zero-order valence-corrected chi connectivity index (χ0v) is 12.7. The molecule has 0 radical (unpaired) electrons. The maximum atomic E-state index is 13.2. The number of carbonyl (C=O) groups excluding carboxylic acids is 1. The fraction of sp³-hybridized carbons (Fsp3) is 0.562. The molecule has 2 nitrogen and oxygen atoms in total. The summed E-state index contributed by atoms with van der Waals surface area (Å²) in [5.74, 6) is -0.142. The summed E-state index contributed by atoms with van der Waals surface area (Å²) in [6.07, 6.45) is 6.18. The molecule has 0 rings (SSSR count). The molecule has 2 atom stereocenters. The molecular weight excluding hydrogens is 241 g/mol. The van der Waals surface area contributed by atoms with E-state index in [9.17, 15) is 9.18 Å². The van der Waals surface area contributed by atoms with Gasteiger partial charge in [-0.3, -0.25) is 4.79 Å². The van der Waals surface area contributed by atoms with Gasteiger partial charge in [-0.25, -0.2) is 4.39 Å². The van der Waals surface area contributed by atoms with Crippen molar-refractivity contribution in [3.8, 4) is 0 Å². The van der Waals surface area contributed by atoms with E-state index in [2.05, 4.69) is 11.9 Å². The van der Waals surface area contributed by atoms with Crippen LogP contribution in [0.1, 0.15) is 47.5 Å². The molecular formula is C16H26FNO. The van der Waals surface area contributed by atoms with Crippen LogP contribution in [-0.2, 0) is 4.79 Å². The molecule has 2 unspecified atom stereocenters. The molecule has 0 bridgehead atoms. The van der Waals surface area contributed by atoms with Gasteiger partial charge in [0, 0.05) is 18.0 Å². The maximum Gasteiger partial charge on any atom is 0.155 e. The Morgan fingerprint density at radius 2 is 2.05 bits per heavy atom. The van der Waals surface area contributed by atoms with Crippen LogP contribution < -0.4 is 5.32 Å². The maximum absolute atomic E-state index is 13.2. The molecule has 0 aromatic heterocycles. The highest BCUT2D eigenvalue weighted by molar-refractivity contribution is 5.86. The van der Waals surface area contributed by atoms with E-state index in [-0.39, 0.29) is 23.9 Å². The minimum Gasteiger partial charge on any atom is -0.377 e. The normalized spacial score (nSPS) is 17.1. The number of nitrogens with one attached hydrogen (secondary N) is 1. The predicted octanol–water partition coefficient (Wildman–Crippen LogP) is 4.30. The van der Waals surface area contributed by atoms with Crippen molar-refractivity contribution in [1.82, 2.24) is 5.32 Å². The average molecular weight is 267 g/mol. The monoisotopic (exact) mass is 267 g/mol. The first-order valence-corrected chi connectivity index (χ1v) is 6.70. The third-order valence-corrected chi connectivity index (χ3v) is 3.28. The highest BCUT2D eigenvalue weighted by Gasteiger charge is 2.34. The molecule has 1 N–H and O–H groups in total. The number of hydrogen-bond donors (Lipinski definition) is 1. The Morgan fingerprint density at radius 1 is 1.47 bits per heavy atom. The van der Waals surface area contributed by atoms with E-state index in [1.807, 2.05) is 33.8 Å². The second-order valence-corrected chi connectivity index (χ2v) is 5.14. The predicted molar refractivity (Wildman–Crippen MR) is 79.4 cm³/mol. The van der Waals surface area contributed by atoms with Gasteiger partial charge in [0.05, 0.1) is 11.4 Å². The number of hydrogen-bond acceptors (Lipinski definition) is 2. The van der Waals surface area contributed by atoms with E-state index < -0.39 is 5.54 Å². The van der Waals surface area contributed by atoms with E-state index in [1.165, 1.54) is 0 Å². The first-order chi connectivity index (χ1) is 8.74. The van der Waals surface area contributed by atoms with E-state index in [0.717, 1.165) is 5.70 Å². The number of halogens is 1. The fourth-order valence-electron chi connectivity index (χ4n) is 1.85. The Bertz CT molecular complexity index is 384. The molecule has 0 aliphatic heterocycles. The smallest absolute Gasteiger partial charge is 0.155 e. The van der Waals surface area contributed by atoms with Crippen molar-refractivity contribution >= 4 is 5.78 Å². The number of rotatable bonds is 8. The summed E-state index contributed by atoms with van der Waals surface area (Å²) >= 11 is 0. The zero-order valence-electron chi connectivity index (χ0n) is 12.7. The minimum atomic E-state index is -0.701. The second kappa shape index (κ2) is 7.93. The Hall–Kier alpha value is -1.38. The van der Waals surface area contributed by atoms with Crippen molar-refractivity contribution in [2.75, 3.05) is 0 Å². The molecule has 0 saturated carbocycles. The van der Waals surface area contributed by atoms with Crippen LogP contribution in [0.3, 0.4) is 0 Å². The Labute approximate surface area is 116 Å². The molecule has 0 aliphatic carbocycles. The molecule has 108 valence electrons. The molecule has 19 heavy (non-hydrogen) atoms. The summed E-state index contributed by atoms with van der Waals surface area (Å²) in [6, 6.07) is 0. The second-order valence-electron chi connectivity index (χ2n) is 5.14. The van der Waals surface area contributed by atoms with Gasteiger partial charge in [0.25, 0.3) is 0 Å². The molecule has 3 heteroatoms. The van der Waals surface area contributed by atoms with Gasteiger partial charge in [-0.05, 0) is 27.2 Å². The fourth-order valence-corrected chi connectivity index (χ4v) is 1.85. The molecule has 0 aromatic carbocycles. The van der Waals surface area contributed by atoms with Crippen LogP contribution >= 0.6 is 0 Å². The van der Waals surface area contributed by atoms with Crippen LogP contribution in [0.5, 0.6) is 0 Å². The van der Waals surface area contributed by atoms with Crippen LogP contribution in [-0.4, -0.2) is 11.3 Å². The van der Waals surface area contributed by atoms with Gasteiger partial charge < -0.3 is 5.32 Å². The molecule has 0 saturated heterocycles. The summed E-state index contributed by atoms with van der Waals surface area (Å²) in [6.45, 7) is 12.8. The largest absolute Gasteiger partial charge is 0.377 e. The summed E-state index contributed by atoms with van der Waals surface area (Å²) in [4.78, 5) is 11.8. The topological polar surface area (TPSA) is 29.1 Å². The SMILES string of the molecule is C=C(C)NC(C)(C(C)=O)C(C)/C=C\C/C(F)=C\CC. The standard InChI is InChI=1S/C16H26FNO/c1-7-9-15(17)11-8-10-13(4)16(6,14(5)19)18-12(2)3/h8-10,13,18H,2,7,11H2,1,3-6H3/b10-8-,15-9+. The lowest BCUT2D eigenvalue weighted by molar-refractivity contribution is -0.123. The first-order valence-electron chi connectivity index (χ1n) is 6.70. The highest BCUT2D eigenvalue weighted by Crippen LogP contribution is 2.21. The first kappa shape index (κ1) is 17.6. The zero-order chi connectivity index (χ0) is 15.1. The molecule has 0 aromatic rings. The average Bonchev–Trinajstić information content (AvgIpc) is 2.27. The van der Waals surface area contributed by atoms with Gasteiger partial charge in [-0.1, -0.05) is 38.7 Å². The Morgan fingerprint density at radius 3 is 2.47 bits per heavy atom. The lowest BCUT2D eigenvalue weighted by Crippen LogP contribution is -2.51. The van der Waals surface area contributed by atoms with Gasteiger partial charge in [0.2, 0.25) is 0 Å². The molecule has 0 fully saturated rings. The van der Waals surface area contributed by atoms with Crippen LogP contribution in [0, 0.1) is 5.92 Å². The third kappa shape index (κ3) is 5.86. The van der Waals surface area contributed by atoms with Crippen molar-refractivity contribution in [1.29, 1.82) is 0 Å². The van der Waals surface area contributed by atoms with Gasteiger partial charge in [-0.2, -0.15) is 0 Å². The lowest BCUT2D eigenvalue weighted by Gasteiger charge is -2.34. The van der Waals surface area contributed by atoms with Crippen molar-refractivity contribution < 1.29 is 9.18 Å². The van der Waals surface area contributed by atoms with Gasteiger partial charge in [0.1, 0.15) is 0 Å². The Kier molecular flexibility index (Phi) is 7.35.